The molecule has 0 saturated carbocycles. The molecule has 0 aliphatic heterocycles. The Morgan fingerprint density at radius 2 is 1.80 bits per heavy atom. The molecule has 0 saturated heterocycles. The topological polar surface area (TPSA) is 79.3 Å². The molecule has 0 radical (unpaired) electrons. The Kier molecular flexibility index (Phi) is 4.22. The van der Waals surface area contributed by atoms with Gasteiger partial charge in [-0.05, 0) is 24.3 Å². The van der Waals surface area contributed by atoms with Crippen molar-refractivity contribution in [3.8, 4) is 0 Å². The number of pyridine rings is 1. The van der Waals surface area contributed by atoms with E-state index in [4.69, 9.17) is 28.3 Å². The highest BCUT2D eigenvalue weighted by Crippen LogP contribution is 2.21. The Labute approximate surface area is 124 Å². The highest BCUT2D eigenvalue weighted by molar-refractivity contribution is 6.35. The first kappa shape index (κ1) is 14.3. The van der Waals surface area contributed by atoms with Crippen LogP contribution in [-0.2, 0) is 0 Å². The molecule has 0 atom stereocenters. The minimum Gasteiger partial charge on any atom is -0.478 e. The van der Waals surface area contributed by atoms with Crippen molar-refractivity contribution >= 4 is 40.8 Å². The number of amides is 1. The van der Waals surface area contributed by atoms with Gasteiger partial charge in [-0.25, -0.2) is 4.79 Å². The lowest BCUT2D eigenvalue weighted by atomic mass is 10.2. The van der Waals surface area contributed by atoms with E-state index < -0.39 is 11.9 Å². The largest absolute Gasteiger partial charge is 0.478 e. The number of hydrogen-bond donors (Lipinski definition) is 2. The van der Waals surface area contributed by atoms with Gasteiger partial charge in [-0.2, -0.15) is 0 Å². The van der Waals surface area contributed by atoms with Crippen LogP contribution < -0.4 is 5.32 Å². The number of anilines is 1. The Morgan fingerprint density at radius 1 is 1.15 bits per heavy atom. The van der Waals surface area contributed by atoms with Gasteiger partial charge in [-0.3, -0.25) is 9.78 Å². The van der Waals surface area contributed by atoms with Crippen LogP contribution in [0, 0.1) is 0 Å². The first-order valence-corrected chi connectivity index (χ1v) is 6.17. The summed E-state index contributed by atoms with van der Waals surface area (Å²) in [6, 6.07) is 5.65. The fourth-order valence-electron chi connectivity index (χ4n) is 1.56. The van der Waals surface area contributed by atoms with E-state index in [2.05, 4.69) is 10.3 Å². The molecule has 1 aromatic heterocycles. The van der Waals surface area contributed by atoms with Crippen LogP contribution in [0.25, 0.3) is 0 Å². The number of benzene rings is 1. The summed E-state index contributed by atoms with van der Waals surface area (Å²) < 4.78 is 0. The van der Waals surface area contributed by atoms with Crippen LogP contribution in [0.5, 0.6) is 0 Å². The molecule has 7 heteroatoms. The number of nitrogens with zero attached hydrogens (tertiary/aromatic N) is 1. The first-order chi connectivity index (χ1) is 9.47. The van der Waals surface area contributed by atoms with E-state index in [0.29, 0.717) is 10.0 Å². The molecule has 2 rings (SSSR count). The predicted molar refractivity (Wildman–Crippen MR) is 75.6 cm³/mol. The lowest BCUT2D eigenvalue weighted by molar-refractivity contribution is 0.0698. The maximum Gasteiger partial charge on any atom is 0.337 e. The van der Waals surface area contributed by atoms with E-state index in [1.165, 1.54) is 36.7 Å². The molecular formula is C13H8Cl2N2O3. The number of nitrogens with one attached hydrogen (secondary N) is 1. The van der Waals surface area contributed by atoms with Gasteiger partial charge in [0.15, 0.2) is 0 Å². The third-order valence-corrected chi connectivity index (χ3v) is 2.86. The Hall–Kier alpha value is -2.11. The van der Waals surface area contributed by atoms with Gasteiger partial charge in [-0.1, -0.05) is 23.2 Å². The number of rotatable bonds is 3. The van der Waals surface area contributed by atoms with Gasteiger partial charge in [0.1, 0.15) is 0 Å². The number of aromatic nitrogens is 1. The van der Waals surface area contributed by atoms with E-state index in [-0.39, 0.29) is 16.8 Å². The maximum atomic E-state index is 12.0. The second kappa shape index (κ2) is 5.90. The van der Waals surface area contributed by atoms with Crippen molar-refractivity contribution in [1.82, 2.24) is 4.98 Å². The van der Waals surface area contributed by atoms with Crippen molar-refractivity contribution in [1.29, 1.82) is 0 Å². The molecule has 1 amide bonds. The Morgan fingerprint density at radius 3 is 2.40 bits per heavy atom. The number of carboxylic acids is 1. The van der Waals surface area contributed by atoms with Gasteiger partial charge in [0.05, 0.1) is 17.4 Å². The molecule has 0 fully saturated rings. The van der Waals surface area contributed by atoms with Gasteiger partial charge in [0.25, 0.3) is 5.91 Å². The standard InChI is InChI=1S/C13H8Cl2N2O3/c14-8-3-7(4-9(15)5-8)12(18)17-11-6-16-2-1-10(11)13(19)20/h1-6H,(H,17,18)(H,19,20). The zero-order chi connectivity index (χ0) is 14.7. The lowest BCUT2D eigenvalue weighted by Gasteiger charge is -2.08. The first-order valence-electron chi connectivity index (χ1n) is 5.42. The summed E-state index contributed by atoms with van der Waals surface area (Å²) >= 11 is 11.6. The molecule has 0 unspecified atom stereocenters. The minimum atomic E-state index is -1.16. The molecule has 2 N–H and O–H groups in total. The molecular weight excluding hydrogens is 303 g/mol. The SMILES string of the molecule is O=C(Nc1cnccc1C(=O)O)c1cc(Cl)cc(Cl)c1. The van der Waals surface area contributed by atoms with E-state index >= 15 is 0 Å². The molecule has 5 nitrogen and oxygen atoms in total. The number of carbonyl (C=O) groups excluding carboxylic acids is 1. The van der Waals surface area contributed by atoms with Gasteiger partial charge in [0, 0.05) is 21.8 Å². The Bertz CT molecular complexity index is 669. The van der Waals surface area contributed by atoms with Crippen molar-refractivity contribution in [2.75, 3.05) is 5.32 Å². The van der Waals surface area contributed by atoms with Gasteiger partial charge < -0.3 is 10.4 Å². The van der Waals surface area contributed by atoms with Crippen molar-refractivity contribution in [2.24, 2.45) is 0 Å². The monoisotopic (exact) mass is 310 g/mol. The van der Waals surface area contributed by atoms with Crippen LogP contribution in [0.15, 0.2) is 36.7 Å². The minimum absolute atomic E-state index is 0.0542. The smallest absolute Gasteiger partial charge is 0.337 e. The van der Waals surface area contributed by atoms with Crippen molar-refractivity contribution < 1.29 is 14.7 Å². The van der Waals surface area contributed by atoms with E-state index in [0.717, 1.165) is 0 Å². The van der Waals surface area contributed by atoms with E-state index in [1.54, 1.807) is 0 Å². The molecule has 0 spiro atoms. The predicted octanol–water partition coefficient (Wildman–Crippen LogP) is 3.34. The van der Waals surface area contributed by atoms with Gasteiger partial charge in [0.2, 0.25) is 0 Å². The second-order valence-corrected chi connectivity index (χ2v) is 4.71. The Balaban J connectivity index is 2.30. The molecule has 2 aromatic rings. The summed E-state index contributed by atoms with van der Waals surface area (Å²) in [4.78, 5) is 26.9. The van der Waals surface area contributed by atoms with Crippen LogP contribution in [0.3, 0.4) is 0 Å². The van der Waals surface area contributed by atoms with E-state index in [1.807, 2.05) is 0 Å². The zero-order valence-electron chi connectivity index (χ0n) is 9.93. The number of aromatic carboxylic acids is 1. The quantitative estimate of drug-likeness (QED) is 0.911. The number of halogens is 2. The normalized spacial score (nSPS) is 10.1. The molecule has 1 heterocycles. The summed E-state index contributed by atoms with van der Waals surface area (Å²) in [5, 5.41) is 12.1. The number of carboxylic acid groups (broad SMARTS) is 1. The summed E-state index contributed by atoms with van der Waals surface area (Å²) in [7, 11) is 0. The molecule has 20 heavy (non-hydrogen) atoms. The van der Waals surface area contributed by atoms with Gasteiger partial charge >= 0.3 is 5.97 Å². The summed E-state index contributed by atoms with van der Waals surface area (Å²) in [6.45, 7) is 0. The lowest BCUT2D eigenvalue weighted by Crippen LogP contribution is -2.15. The summed E-state index contributed by atoms with van der Waals surface area (Å²) in [5.41, 5.74) is 0.269. The summed E-state index contributed by atoms with van der Waals surface area (Å²) in [6.07, 6.45) is 2.59. The van der Waals surface area contributed by atoms with Crippen molar-refractivity contribution in [3.05, 3.63) is 57.8 Å². The summed E-state index contributed by atoms with van der Waals surface area (Å²) in [5.74, 6) is -1.68. The van der Waals surface area contributed by atoms with E-state index in [9.17, 15) is 9.59 Å². The van der Waals surface area contributed by atoms with Crippen LogP contribution in [0.1, 0.15) is 20.7 Å². The van der Waals surface area contributed by atoms with Crippen molar-refractivity contribution in [2.45, 2.75) is 0 Å². The number of carbonyl (C=O) groups is 2. The molecule has 102 valence electrons. The highest BCUT2D eigenvalue weighted by atomic mass is 35.5. The average molecular weight is 311 g/mol. The third-order valence-electron chi connectivity index (χ3n) is 2.42. The number of hydrogen-bond acceptors (Lipinski definition) is 3. The molecule has 0 aliphatic rings. The molecule has 0 bridgehead atoms. The second-order valence-electron chi connectivity index (χ2n) is 3.84. The van der Waals surface area contributed by atoms with Crippen LogP contribution in [0.4, 0.5) is 5.69 Å². The molecule has 0 aliphatic carbocycles. The zero-order valence-corrected chi connectivity index (χ0v) is 11.4. The van der Waals surface area contributed by atoms with Crippen molar-refractivity contribution in [3.63, 3.8) is 0 Å². The average Bonchev–Trinajstić information content (AvgIpc) is 2.37. The molecule has 1 aromatic carbocycles. The van der Waals surface area contributed by atoms with Crippen LogP contribution >= 0.6 is 23.2 Å². The maximum absolute atomic E-state index is 12.0. The fourth-order valence-corrected chi connectivity index (χ4v) is 2.09. The van der Waals surface area contributed by atoms with Crippen LogP contribution in [-0.4, -0.2) is 22.0 Å². The fraction of sp³-hybridized carbons (Fsp3) is 0. The third kappa shape index (κ3) is 3.26. The van der Waals surface area contributed by atoms with Gasteiger partial charge in [-0.15, -0.1) is 0 Å². The van der Waals surface area contributed by atoms with Crippen LogP contribution in [0.2, 0.25) is 10.0 Å². The highest BCUT2D eigenvalue weighted by Gasteiger charge is 2.14.